The number of benzene rings is 1. The lowest BCUT2D eigenvalue weighted by molar-refractivity contribution is -0.140. The molecule has 8 heteroatoms. The fourth-order valence-electron chi connectivity index (χ4n) is 1.66. The lowest BCUT2D eigenvalue weighted by Crippen LogP contribution is -2.48. The molecule has 0 saturated carbocycles. The fourth-order valence-corrected chi connectivity index (χ4v) is 1.66. The summed E-state index contributed by atoms with van der Waals surface area (Å²) < 4.78 is 13.1. The van der Waals surface area contributed by atoms with Crippen molar-refractivity contribution in [2.75, 3.05) is 0 Å². The van der Waals surface area contributed by atoms with Gasteiger partial charge < -0.3 is 21.5 Å². The van der Waals surface area contributed by atoms with Crippen LogP contribution in [0, 0.1) is 5.82 Å². The van der Waals surface area contributed by atoms with Crippen molar-refractivity contribution < 1.29 is 23.9 Å². The van der Waals surface area contributed by atoms with Gasteiger partial charge in [0.25, 0.3) is 0 Å². The second-order valence-corrected chi connectivity index (χ2v) is 4.46. The van der Waals surface area contributed by atoms with Crippen LogP contribution in [0.1, 0.15) is 24.9 Å². The zero-order valence-electron chi connectivity index (χ0n) is 11.3. The molecule has 7 nitrogen and oxygen atoms in total. The third-order valence-corrected chi connectivity index (χ3v) is 2.71. The molecule has 1 unspecified atom stereocenters. The molecule has 114 valence electrons. The number of hydrogen-bond donors (Lipinski definition) is 4. The number of carboxylic acid groups (broad SMARTS) is 1. The highest BCUT2D eigenvalue weighted by Crippen LogP contribution is 2.13. The van der Waals surface area contributed by atoms with Gasteiger partial charge in [-0.25, -0.2) is 14.0 Å². The van der Waals surface area contributed by atoms with Gasteiger partial charge in [0.05, 0.1) is 12.5 Å². The van der Waals surface area contributed by atoms with E-state index in [2.05, 4.69) is 10.6 Å². The summed E-state index contributed by atoms with van der Waals surface area (Å²) in [6.45, 7) is 1.61. The van der Waals surface area contributed by atoms with E-state index < -0.39 is 42.2 Å². The SMILES string of the molecule is CC(NC(=O)N[C@@H](CC(N)=O)C(=O)O)c1cccc(F)c1. The van der Waals surface area contributed by atoms with E-state index in [1.54, 1.807) is 13.0 Å². The molecule has 0 fully saturated rings. The Morgan fingerprint density at radius 2 is 2.00 bits per heavy atom. The van der Waals surface area contributed by atoms with Crippen LogP contribution in [-0.4, -0.2) is 29.1 Å². The Bertz CT molecular complexity index is 550. The molecule has 0 spiro atoms. The molecule has 2 atom stereocenters. The van der Waals surface area contributed by atoms with Crippen molar-refractivity contribution in [3.63, 3.8) is 0 Å². The number of primary amides is 1. The van der Waals surface area contributed by atoms with Gasteiger partial charge in [-0.2, -0.15) is 0 Å². The molecule has 0 aliphatic rings. The minimum Gasteiger partial charge on any atom is -0.480 e. The summed E-state index contributed by atoms with van der Waals surface area (Å²) >= 11 is 0. The number of nitrogens with two attached hydrogens (primary N) is 1. The lowest BCUT2D eigenvalue weighted by Gasteiger charge is -2.18. The zero-order valence-corrected chi connectivity index (χ0v) is 11.3. The summed E-state index contributed by atoms with van der Waals surface area (Å²) in [7, 11) is 0. The summed E-state index contributed by atoms with van der Waals surface area (Å²) in [4.78, 5) is 33.3. The number of carbonyl (C=O) groups excluding carboxylic acids is 2. The summed E-state index contributed by atoms with van der Waals surface area (Å²) in [5.41, 5.74) is 5.42. The van der Waals surface area contributed by atoms with Crippen LogP contribution in [-0.2, 0) is 9.59 Å². The quantitative estimate of drug-likeness (QED) is 0.611. The van der Waals surface area contributed by atoms with Crippen molar-refractivity contribution >= 4 is 17.9 Å². The van der Waals surface area contributed by atoms with E-state index in [-0.39, 0.29) is 0 Å². The highest BCUT2D eigenvalue weighted by Gasteiger charge is 2.22. The third-order valence-electron chi connectivity index (χ3n) is 2.71. The van der Waals surface area contributed by atoms with Crippen molar-refractivity contribution in [1.82, 2.24) is 10.6 Å². The van der Waals surface area contributed by atoms with Crippen molar-refractivity contribution in [1.29, 1.82) is 0 Å². The summed E-state index contributed by atoms with van der Waals surface area (Å²) in [5.74, 6) is -2.66. The van der Waals surface area contributed by atoms with Gasteiger partial charge in [-0.3, -0.25) is 4.79 Å². The molecule has 0 aromatic heterocycles. The van der Waals surface area contributed by atoms with E-state index in [1.807, 2.05) is 0 Å². The van der Waals surface area contributed by atoms with Gasteiger partial charge in [-0.1, -0.05) is 12.1 Å². The van der Waals surface area contributed by atoms with E-state index >= 15 is 0 Å². The minimum absolute atomic E-state index is 0.446. The largest absolute Gasteiger partial charge is 0.480 e. The Hall–Kier alpha value is -2.64. The average molecular weight is 297 g/mol. The Morgan fingerprint density at radius 1 is 1.33 bits per heavy atom. The lowest BCUT2D eigenvalue weighted by atomic mass is 10.1. The van der Waals surface area contributed by atoms with Gasteiger partial charge in [0.1, 0.15) is 11.9 Å². The maximum atomic E-state index is 13.1. The number of aliphatic carboxylic acids is 1. The maximum absolute atomic E-state index is 13.1. The molecular weight excluding hydrogens is 281 g/mol. The van der Waals surface area contributed by atoms with E-state index in [1.165, 1.54) is 18.2 Å². The Kier molecular flexibility index (Phi) is 5.65. The standard InChI is InChI=1S/C13H16FN3O4/c1-7(8-3-2-4-9(14)5-8)16-13(21)17-10(12(19)20)6-11(15)18/h2-5,7,10H,6H2,1H3,(H2,15,18)(H,19,20)(H2,16,17,21)/t7?,10-/m0/s1. The molecule has 1 aromatic carbocycles. The number of carbonyl (C=O) groups is 3. The smallest absolute Gasteiger partial charge is 0.326 e. The molecule has 1 rings (SSSR count). The molecule has 3 amide bonds. The molecule has 5 N–H and O–H groups in total. The summed E-state index contributed by atoms with van der Waals surface area (Å²) in [5, 5.41) is 13.4. The highest BCUT2D eigenvalue weighted by atomic mass is 19.1. The van der Waals surface area contributed by atoms with Crippen LogP contribution in [0.25, 0.3) is 0 Å². The molecule has 0 aliphatic carbocycles. The van der Waals surface area contributed by atoms with Gasteiger partial charge in [-0.05, 0) is 24.6 Å². The van der Waals surface area contributed by atoms with E-state index in [4.69, 9.17) is 10.8 Å². The highest BCUT2D eigenvalue weighted by molar-refractivity contribution is 5.87. The third kappa shape index (κ3) is 5.47. The van der Waals surface area contributed by atoms with Gasteiger partial charge in [-0.15, -0.1) is 0 Å². The zero-order chi connectivity index (χ0) is 16.0. The maximum Gasteiger partial charge on any atom is 0.326 e. The molecule has 0 saturated heterocycles. The first kappa shape index (κ1) is 16.4. The first-order valence-electron chi connectivity index (χ1n) is 6.13. The number of amides is 3. The predicted octanol–water partition coefficient (Wildman–Crippen LogP) is 0.514. The molecule has 0 radical (unpaired) electrons. The number of halogens is 1. The van der Waals surface area contributed by atoms with Crippen LogP contribution in [0.5, 0.6) is 0 Å². The topological polar surface area (TPSA) is 122 Å². The van der Waals surface area contributed by atoms with Crippen LogP contribution in [0.3, 0.4) is 0 Å². The monoisotopic (exact) mass is 297 g/mol. The Balaban J connectivity index is 2.63. The number of carboxylic acids is 1. The van der Waals surface area contributed by atoms with Crippen molar-refractivity contribution in [2.24, 2.45) is 5.73 Å². The van der Waals surface area contributed by atoms with Gasteiger partial charge in [0.2, 0.25) is 5.91 Å². The van der Waals surface area contributed by atoms with Gasteiger partial charge in [0, 0.05) is 0 Å². The molecule has 0 bridgehead atoms. The normalized spacial score (nSPS) is 13.0. The van der Waals surface area contributed by atoms with E-state index in [9.17, 15) is 18.8 Å². The number of urea groups is 1. The van der Waals surface area contributed by atoms with Crippen LogP contribution < -0.4 is 16.4 Å². The molecule has 0 aliphatic heterocycles. The second kappa shape index (κ2) is 7.22. The summed E-state index contributed by atoms with van der Waals surface area (Å²) in [6.07, 6.45) is -0.517. The minimum atomic E-state index is -1.41. The van der Waals surface area contributed by atoms with Gasteiger partial charge >= 0.3 is 12.0 Å². The van der Waals surface area contributed by atoms with Crippen LogP contribution in [0.15, 0.2) is 24.3 Å². The molecular formula is C13H16FN3O4. The molecule has 0 heterocycles. The van der Waals surface area contributed by atoms with E-state index in [0.29, 0.717) is 5.56 Å². The first-order valence-corrected chi connectivity index (χ1v) is 6.13. The van der Waals surface area contributed by atoms with Crippen molar-refractivity contribution in [3.8, 4) is 0 Å². The van der Waals surface area contributed by atoms with E-state index in [0.717, 1.165) is 0 Å². The second-order valence-electron chi connectivity index (χ2n) is 4.46. The number of nitrogens with one attached hydrogen (secondary N) is 2. The predicted molar refractivity (Wildman–Crippen MR) is 71.7 cm³/mol. The van der Waals surface area contributed by atoms with Crippen LogP contribution in [0.2, 0.25) is 0 Å². The molecule has 21 heavy (non-hydrogen) atoms. The van der Waals surface area contributed by atoms with Crippen molar-refractivity contribution in [3.05, 3.63) is 35.6 Å². The number of rotatable bonds is 6. The Morgan fingerprint density at radius 3 is 2.52 bits per heavy atom. The molecule has 1 aromatic rings. The van der Waals surface area contributed by atoms with Crippen LogP contribution >= 0.6 is 0 Å². The van der Waals surface area contributed by atoms with Crippen LogP contribution in [0.4, 0.5) is 9.18 Å². The number of hydrogen-bond acceptors (Lipinski definition) is 3. The van der Waals surface area contributed by atoms with Crippen molar-refractivity contribution in [2.45, 2.75) is 25.4 Å². The average Bonchev–Trinajstić information content (AvgIpc) is 2.37. The summed E-state index contributed by atoms with van der Waals surface area (Å²) in [6, 6.07) is 2.89. The fraction of sp³-hybridized carbons (Fsp3) is 0.308. The first-order chi connectivity index (χ1) is 9.79. The van der Waals surface area contributed by atoms with Gasteiger partial charge in [0.15, 0.2) is 0 Å². The Labute approximate surface area is 120 Å².